The van der Waals surface area contributed by atoms with E-state index in [0.29, 0.717) is 15.7 Å². The SMILES string of the molecule is O=c1nc(F)cnn1-c1cc(Cl)cc(Cl)c1. The van der Waals surface area contributed by atoms with Crippen molar-refractivity contribution in [2.45, 2.75) is 0 Å². The quantitative estimate of drug-likeness (QED) is 0.788. The van der Waals surface area contributed by atoms with E-state index in [2.05, 4.69) is 10.1 Å². The number of nitrogens with zero attached hydrogens (tertiary/aromatic N) is 3. The summed E-state index contributed by atoms with van der Waals surface area (Å²) in [5.41, 5.74) is -0.506. The lowest BCUT2D eigenvalue weighted by atomic mass is 10.3. The lowest BCUT2D eigenvalue weighted by molar-refractivity contribution is 0.545. The Morgan fingerprint density at radius 1 is 1.19 bits per heavy atom. The number of hydrogen-bond donors (Lipinski definition) is 0. The second-order valence-corrected chi connectivity index (χ2v) is 3.77. The molecule has 7 heteroatoms. The Hall–Kier alpha value is -1.46. The Balaban J connectivity index is 2.63. The first-order valence-electron chi connectivity index (χ1n) is 4.14. The molecule has 0 N–H and O–H groups in total. The highest BCUT2D eigenvalue weighted by molar-refractivity contribution is 6.34. The van der Waals surface area contributed by atoms with Crippen molar-refractivity contribution < 1.29 is 4.39 Å². The Labute approximate surface area is 99.3 Å². The van der Waals surface area contributed by atoms with Crippen LogP contribution in [0.4, 0.5) is 4.39 Å². The maximum atomic E-state index is 12.6. The summed E-state index contributed by atoms with van der Waals surface area (Å²) < 4.78 is 13.5. The summed E-state index contributed by atoms with van der Waals surface area (Å²) in [5, 5.41) is 4.28. The van der Waals surface area contributed by atoms with Crippen molar-refractivity contribution in [3.63, 3.8) is 0 Å². The molecule has 0 atom stereocenters. The summed E-state index contributed by atoms with van der Waals surface area (Å²) in [7, 11) is 0. The van der Waals surface area contributed by atoms with Gasteiger partial charge in [-0.3, -0.25) is 0 Å². The van der Waals surface area contributed by atoms with E-state index in [1.165, 1.54) is 18.2 Å². The first-order chi connectivity index (χ1) is 7.56. The normalized spacial score (nSPS) is 10.4. The molecule has 82 valence electrons. The number of rotatable bonds is 1. The Bertz CT molecular complexity index is 579. The molecule has 16 heavy (non-hydrogen) atoms. The largest absolute Gasteiger partial charge is 0.371 e. The topological polar surface area (TPSA) is 47.8 Å². The van der Waals surface area contributed by atoms with Gasteiger partial charge in [-0.15, -0.1) is 0 Å². The molecule has 0 unspecified atom stereocenters. The molecule has 0 spiro atoms. The van der Waals surface area contributed by atoms with Gasteiger partial charge in [0.05, 0.1) is 5.69 Å². The van der Waals surface area contributed by atoms with Crippen molar-refractivity contribution in [3.8, 4) is 5.69 Å². The summed E-state index contributed by atoms with van der Waals surface area (Å²) in [6.45, 7) is 0. The molecule has 0 aliphatic rings. The molecular formula is C9H4Cl2FN3O. The van der Waals surface area contributed by atoms with Gasteiger partial charge in [0.25, 0.3) is 0 Å². The van der Waals surface area contributed by atoms with Gasteiger partial charge in [-0.2, -0.15) is 19.2 Å². The third-order valence-electron chi connectivity index (χ3n) is 1.76. The van der Waals surface area contributed by atoms with Crippen LogP contribution in [0.15, 0.2) is 29.2 Å². The molecule has 1 aromatic heterocycles. The number of hydrogen-bond acceptors (Lipinski definition) is 3. The summed E-state index contributed by atoms with van der Waals surface area (Å²) in [5.74, 6) is -0.936. The van der Waals surface area contributed by atoms with E-state index >= 15 is 0 Å². The third-order valence-corrected chi connectivity index (χ3v) is 2.19. The predicted octanol–water partition coefficient (Wildman–Crippen LogP) is 2.07. The number of benzene rings is 1. The Morgan fingerprint density at radius 3 is 2.38 bits per heavy atom. The van der Waals surface area contributed by atoms with Gasteiger partial charge >= 0.3 is 5.69 Å². The average Bonchev–Trinajstić information content (AvgIpc) is 2.15. The summed E-state index contributed by atoms with van der Waals surface area (Å²) in [4.78, 5) is 14.4. The zero-order chi connectivity index (χ0) is 11.7. The van der Waals surface area contributed by atoms with Gasteiger partial charge in [0.15, 0.2) is 0 Å². The van der Waals surface area contributed by atoms with Crippen LogP contribution >= 0.6 is 23.2 Å². The third kappa shape index (κ3) is 2.20. The minimum atomic E-state index is -0.936. The maximum absolute atomic E-state index is 12.6. The van der Waals surface area contributed by atoms with Crippen molar-refractivity contribution in [3.05, 3.63) is 50.9 Å². The van der Waals surface area contributed by atoms with Crippen molar-refractivity contribution in [1.82, 2.24) is 14.8 Å². The van der Waals surface area contributed by atoms with E-state index in [1.807, 2.05) is 0 Å². The molecule has 0 bridgehead atoms. The van der Waals surface area contributed by atoms with E-state index in [4.69, 9.17) is 23.2 Å². The summed E-state index contributed by atoms with van der Waals surface area (Å²) in [6.07, 6.45) is 0.830. The molecule has 0 aliphatic heterocycles. The average molecular weight is 260 g/mol. The van der Waals surface area contributed by atoms with Crippen LogP contribution in [0.25, 0.3) is 5.69 Å². The fourth-order valence-corrected chi connectivity index (χ4v) is 1.68. The lowest BCUT2D eigenvalue weighted by Gasteiger charge is -2.03. The predicted molar refractivity (Wildman–Crippen MR) is 57.6 cm³/mol. The van der Waals surface area contributed by atoms with Crippen LogP contribution in [0.3, 0.4) is 0 Å². The minimum absolute atomic E-state index is 0.329. The van der Waals surface area contributed by atoms with Crippen molar-refractivity contribution in [2.75, 3.05) is 0 Å². The van der Waals surface area contributed by atoms with Crippen LogP contribution in [-0.4, -0.2) is 14.8 Å². The molecule has 4 nitrogen and oxygen atoms in total. The lowest BCUT2D eigenvalue weighted by Crippen LogP contribution is -2.24. The van der Waals surface area contributed by atoms with E-state index < -0.39 is 11.6 Å². The molecule has 0 saturated heterocycles. The van der Waals surface area contributed by atoms with Crippen LogP contribution in [0.1, 0.15) is 0 Å². The van der Waals surface area contributed by atoms with E-state index in [1.54, 1.807) is 0 Å². The van der Waals surface area contributed by atoms with Gasteiger partial charge in [-0.1, -0.05) is 23.2 Å². The Morgan fingerprint density at radius 2 is 1.81 bits per heavy atom. The highest BCUT2D eigenvalue weighted by Crippen LogP contribution is 2.20. The van der Waals surface area contributed by atoms with Crippen molar-refractivity contribution in [1.29, 1.82) is 0 Å². The van der Waals surface area contributed by atoms with Crippen LogP contribution in [-0.2, 0) is 0 Å². The van der Waals surface area contributed by atoms with Crippen LogP contribution < -0.4 is 5.69 Å². The second-order valence-electron chi connectivity index (χ2n) is 2.90. The zero-order valence-corrected chi connectivity index (χ0v) is 9.21. The van der Waals surface area contributed by atoms with Gasteiger partial charge < -0.3 is 0 Å². The minimum Gasteiger partial charge on any atom is -0.244 e. The van der Waals surface area contributed by atoms with Gasteiger partial charge in [0, 0.05) is 10.0 Å². The monoisotopic (exact) mass is 259 g/mol. The van der Waals surface area contributed by atoms with E-state index in [9.17, 15) is 9.18 Å². The maximum Gasteiger partial charge on any atom is 0.371 e. The van der Waals surface area contributed by atoms with Crippen molar-refractivity contribution in [2.24, 2.45) is 0 Å². The fourth-order valence-electron chi connectivity index (χ4n) is 1.16. The second kappa shape index (κ2) is 4.19. The Kier molecular flexibility index (Phi) is 2.89. The molecule has 0 radical (unpaired) electrons. The molecule has 2 aromatic rings. The van der Waals surface area contributed by atoms with Crippen molar-refractivity contribution >= 4 is 23.2 Å². The van der Waals surface area contributed by atoms with Gasteiger partial charge in [0.1, 0.15) is 6.20 Å². The molecule has 1 aromatic carbocycles. The number of aromatic nitrogens is 3. The molecule has 0 fully saturated rings. The van der Waals surface area contributed by atoms with Gasteiger partial charge in [0.2, 0.25) is 5.95 Å². The van der Waals surface area contributed by atoms with Crippen LogP contribution in [0, 0.1) is 5.95 Å². The van der Waals surface area contributed by atoms with Crippen LogP contribution in [0.2, 0.25) is 10.0 Å². The van der Waals surface area contributed by atoms with Crippen LogP contribution in [0.5, 0.6) is 0 Å². The van der Waals surface area contributed by atoms with E-state index in [0.717, 1.165) is 10.9 Å². The smallest absolute Gasteiger partial charge is 0.244 e. The molecule has 0 saturated carbocycles. The fraction of sp³-hybridized carbons (Fsp3) is 0. The molecule has 0 amide bonds. The highest BCUT2D eigenvalue weighted by atomic mass is 35.5. The first-order valence-corrected chi connectivity index (χ1v) is 4.90. The standard InChI is InChI=1S/C9H4Cl2FN3O/c10-5-1-6(11)3-7(2-5)15-9(16)14-8(12)4-13-15/h1-4H. The van der Waals surface area contributed by atoms with E-state index in [-0.39, 0.29) is 0 Å². The molecular weight excluding hydrogens is 256 g/mol. The number of halogens is 3. The zero-order valence-electron chi connectivity index (χ0n) is 7.69. The highest BCUT2D eigenvalue weighted by Gasteiger charge is 2.05. The summed E-state index contributed by atoms with van der Waals surface area (Å²) in [6, 6.07) is 4.46. The summed E-state index contributed by atoms with van der Waals surface area (Å²) >= 11 is 11.5. The molecule has 0 aliphatic carbocycles. The van der Waals surface area contributed by atoms with Gasteiger partial charge in [-0.25, -0.2) is 4.79 Å². The molecule has 2 rings (SSSR count). The van der Waals surface area contributed by atoms with Gasteiger partial charge in [-0.05, 0) is 18.2 Å². The molecule has 1 heterocycles. The first kappa shape index (κ1) is 11.0.